The predicted molar refractivity (Wildman–Crippen MR) is 75.1 cm³/mol. The first-order valence-electron chi connectivity index (χ1n) is 7.59. The van der Waals surface area contributed by atoms with Gasteiger partial charge in [-0.2, -0.15) is 0 Å². The molecule has 0 saturated carbocycles. The Morgan fingerprint density at radius 3 is 2.84 bits per heavy atom. The molecule has 0 aromatic heterocycles. The average Bonchev–Trinajstić information content (AvgIpc) is 2.47. The Labute approximate surface area is 116 Å². The highest BCUT2D eigenvalue weighted by molar-refractivity contribution is 5.76. The van der Waals surface area contributed by atoms with E-state index in [1.807, 2.05) is 0 Å². The predicted octanol–water partition coefficient (Wildman–Crippen LogP) is 0.213. The summed E-state index contributed by atoms with van der Waals surface area (Å²) < 4.78 is 5.54. The van der Waals surface area contributed by atoms with Gasteiger partial charge in [0.2, 0.25) is 5.91 Å². The normalized spacial score (nSPS) is 26.3. The Morgan fingerprint density at radius 2 is 2.21 bits per heavy atom. The fraction of sp³-hybridized carbons (Fsp3) is 0.929. The molecule has 2 saturated heterocycles. The van der Waals surface area contributed by atoms with E-state index in [4.69, 9.17) is 4.74 Å². The molecule has 2 aliphatic heterocycles. The molecule has 5 nitrogen and oxygen atoms in total. The van der Waals surface area contributed by atoms with Gasteiger partial charge >= 0.3 is 0 Å². The number of rotatable bonds is 5. The van der Waals surface area contributed by atoms with Gasteiger partial charge in [-0.1, -0.05) is 6.92 Å². The number of ether oxygens (including phenoxy) is 1. The van der Waals surface area contributed by atoms with Crippen molar-refractivity contribution in [1.82, 2.24) is 15.5 Å². The number of nitrogens with zero attached hydrogens (tertiary/aromatic N) is 1. The van der Waals surface area contributed by atoms with Crippen LogP contribution < -0.4 is 10.6 Å². The number of nitrogens with one attached hydrogen (secondary N) is 2. The van der Waals surface area contributed by atoms with Crippen molar-refractivity contribution in [3.8, 4) is 0 Å². The van der Waals surface area contributed by atoms with Crippen LogP contribution >= 0.6 is 0 Å². The van der Waals surface area contributed by atoms with Crippen molar-refractivity contribution in [1.29, 1.82) is 0 Å². The Balaban J connectivity index is 1.58. The van der Waals surface area contributed by atoms with Crippen LogP contribution in [-0.2, 0) is 9.53 Å². The maximum atomic E-state index is 11.8. The second kappa shape index (κ2) is 7.82. The molecule has 5 heteroatoms. The number of carbonyl (C=O) groups excluding carboxylic acids is 1. The molecule has 2 fully saturated rings. The highest BCUT2D eigenvalue weighted by Crippen LogP contribution is 2.15. The fourth-order valence-corrected chi connectivity index (χ4v) is 2.79. The third kappa shape index (κ3) is 5.09. The van der Waals surface area contributed by atoms with Crippen LogP contribution in [0.4, 0.5) is 0 Å². The molecular formula is C14H27N3O2. The monoisotopic (exact) mass is 269 g/mol. The second-order valence-electron chi connectivity index (χ2n) is 5.58. The highest BCUT2D eigenvalue weighted by atomic mass is 16.5. The van der Waals surface area contributed by atoms with Gasteiger partial charge in [0.15, 0.2) is 0 Å². The average molecular weight is 269 g/mol. The lowest BCUT2D eigenvalue weighted by Crippen LogP contribution is -2.43. The SMILES string of the molecule is CCN1CCC(CNC(=O)CC2CNCCO2)CC1. The van der Waals surface area contributed by atoms with Gasteiger partial charge in [0, 0.05) is 19.6 Å². The van der Waals surface area contributed by atoms with Gasteiger partial charge in [-0.05, 0) is 38.4 Å². The Kier molecular flexibility index (Phi) is 6.07. The third-order valence-corrected chi connectivity index (χ3v) is 4.16. The van der Waals surface area contributed by atoms with E-state index in [-0.39, 0.29) is 12.0 Å². The van der Waals surface area contributed by atoms with Gasteiger partial charge in [-0.15, -0.1) is 0 Å². The summed E-state index contributed by atoms with van der Waals surface area (Å²) in [4.78, 5) is 14.3. The summed E-state index contributed by atoms with van der Waals surface area (Å²) in [7, 11) is 0. The van der Waals surface area contributed by atoms with Crippen LogP contribution in [0.15, 0.2) is 0 Å². The van der Waals surface area contributed by atoms with E-state index in [1.165, 1.54) is 25.9 Å². The summed E-state index contributed by atoms with van der Waals surface area (Å²) in [5, 5.41) is 6.31. The number of amides is 1. The maximum absolute atomic E-state index is 11.8. The summed E-state index contributed by atoms with van der Waals surface area (Å²) in [6.45, 7) is 8.94. The molecule has 0 bridgehead atoms. The number of hydrogen-bond donors (Lipinski definition) is 2. The lowest BCUT2D eigenvalue weighted by molar-refractivity contribution is -0.124. The molecule has 2 N–H and O–H groups in total. The smallest absolute Gasteiger partial charge is 0.222 e. The first-order chi connectivity index (χ1) is 9.28. The van der Waals surface area contributed by atoms with Crippen molar-refractivity contribution < 1.29 is 9.53 Å². The first-order valence-corrected chi connectivity index (χ1v) is 7.59. The van der Waals surface area contributed by atoms with Crippen molar-refractivity contribution in [3.05, 3.63) is 0 Å². The van der Waals surface area contributed by atoms with Crippen molar-refractivity contribution in [2.45, 2.75) is 32.3 Å². The molecule has 2 heterocycles. The molecule has 0 radical (unpaired) electrons. The lowest BCUT2D eigenvalue weighted by atomic mass is 9.97. The van der Waals surface area contributed by atoms with Gasteiger partial charge in [0.1, 0.15) is 0 Å². The van der Waals surface area contributed by atoms with Crippen LogP contribution in [0.5, 0.6) is 0 Å². The van der Waals surface area contributed by atoms with Gasteiger partial charge in [-0.25, -0.2) is 0 Å². The standard InChI is InChI=1S/C14H27N3O2/c1-2-17-6-3-12(4-7-17)10-16-14(18)9-13-11-15-5-8-19-13/h12-13,15H,2-11H2,1H3,(H,16,18). The Morgan fingerprint density at radius 1 is 1.42 bits per heavy atom. The zero-order valence-corrected chi connectivity index (χ0v) is 12.0. The summed E-state index contributed by atoms with van der Waals surface area (Å²) >= 11 is 0. The van der Waals surface area contributed by atoms with E-state index in [9.17, 15) is 4.79 Å². The minimum Gasteiger partial charge on any atom is -0.375 e. The molecule has 2 aliphatic rings. The van der Waals surface area contributed by atoms with Gasteiger partial charge in [0.05, 0.1) is 19.1 Å². The zero-order valence-electron chi connectivity index (χ0n) is 12.0. The molecule has 1 amide bonds. The van der Waals surface area contributed by atoms with Crippen LogP contribution in [0.25, 0.3) is 0 Å². The quantitative estimate of drug-likeness (QED) is 0.749. The summed E-state index contributed by atoms with van der Waals surface area (Å²) in [6.07, 6.45) is 2.95. The molecule has 0 aromatic carbocycles. The molecule has 110 valence electrons. The van der Waals surface area contributed by atoms with E-state index in [0.29, 0.717) is 18.9 Å². The van der Waals surface area contributed by atoms with Crippen molar-refractivity contribution >= 4 is 5.91 Å². The topological polar surface area (TPSA) is 53.6 Å². The summed E-state index contributed by atoms with van der Waals surface area (Å²) in [5.41, 5.74) is 0. The van der Waals surface area contributed by atoms with Crippen LogP contribution in [0.2, 0.25) is 0 Å². The van der Waals surface area contributed by atoms with Crippen LogP contribution in [-0.4, -0.2) is 62.8 Å². The van der Waals surface area contributed by atoms with E-state index in [1.54, 1.807) is 0 Å². The van der Waals surface area contributed by atoms with Gasteiger partial charge in [0.25, 0.3) is 0 Å². The van der Waals surface area contributed by atoms with Crippen molar-refractivity contribution in [2.75, 3.05) is 45.9 Å². The number of likely N-dealkylation sites (tertiary alicyclic amines) is 1. The molecule has 1 atom stereocenters. The van der Waals surface area contributed by atoms with Crippen LogP contribution in [0, 0.1) is 5.92 Å². The van der Waals surface area contributed by atoms with E-state index < -0.39 is 0 Å². The lowest BCUT2D eigenvalue weighted by Gasteiger charge is -2.31. The molecule has 0 aliphatic carbocycles. The van der Waals surface area contributed by atoms with E-state index in [0.717, 1.165) is 26.2 Å². The molecule has 2 rings (SSSR count). The highest BCUT2D eigenvalue weighted by Gasteiger charge is 2.20. The van der Waals surface area contributed by atoms with Gasteiger partial charge < -0.3 is 20.3 Å². The fourth-order valence-electron chi connectivity index (χ4n) is 2.79. The summed E-state index contributed by atoms with van der Waals surface area (Å²) in [5.74, 6) is 0.781. The van der Waals surface area contributed by atoms with Gasteiger partial charge in [-0.3, -0.25) is 4.79 Å². The molecule has 0 spiro atoms. The van der Waals surface area contributed by atoms with Crippen LogP contribution in [0.3, 0.4) is 0 Å². The van der Waals surface area contributed by atoms with E-state index >= 15 is 0 Å². The molecular weight excluding hydrogens is 242 g/mol. The zero-order chi connectivity index (χ0) is 13.5. The molecule has 0 aromatic rings. The van der Waals surface area contributed by atoms with E-state index in [2.05, 4.69) is 22.5 Å². The largest absolute Gasteiger partial charge is 0.375 e. The number of piperidine rings is 1. The maximum Gasteiger partial charge on any atom is 0.222 e. The minimum atomic E-state index is 0.0516. The van der Waals surface area contributed by atoms with Crippen molar-refractivity contribution in [2.24, 2.45) is 5.92 Å². The number of hydrogen-bond acceptors (Lipinski definition) is 4. The first kappa shape index (κ1) is 14.8. The second-order valence-corrected chi connectivity index (χ2v) is 5.58. The Bertz CT molecular complexity index is 272. The minimum absolute atomic E-state index is 0.0516. The Hall–Kier alpha value is -0.650. The molecule has 19 heavy (non-hydrogen) atoms. The third-order valence-electron chi connectivity index (χ3n) is 4.16. The van der Waals surface area contributed by atoms with Crippen molar-refractivity contribution in [3.63, 3.8) is 0 Å². The number of carbonyl (C=O) groups is 1. The number of morpholine rings is 1. The molecule has 1 unspecified atom stereocenters. The summed E-state index contributed by atoms with van der Waals surface area (Å²) in [6, 6.07) is 0. The van der Waals surface area contributed by atoms with Crippen LogP contribution in [0.1, 0.15) is 26.2 Å².